The van der Waals surface area contributed by atoms with Crippen LogP contribution in [0.5, 0.6) is 11.5 Å². The zero-order chi connectivity index (χ0) is 25.7. The van der Waals surface area contributed by atoms with E-state index >= 15 is 0 Å². The maximum atomic E-state index is 12.4. The third-order valence-corrected chi connectivity index (χ3v) is 6.67. The number of ether oxygens (including phenoxy) is 2. The lowest BCUT2D eigenvalue weighted by molar-refractivity contribution is -0.277. The van der Waals surface area contributed by atoms with Gasteiger partial charge in [-0.25, -0.2) is 4.18 Å². The first-order valence-corrected chi connectivity index (χ1v) is 13.8. The van der Waals surface area contributed by atoms with Crippen LogP contribution >= 0.6 is 0 Å². The predicted molar refractivity (Wildman–Crippen MR) is 128 cm³/mol. The first-order valence-electron chi connectivity index (χ1n) is 12.4. The van der Waals surface area contributed by atoms with Crippen molar-refractivity contribution in [3.05, 3.63) is 24.3 Å². The molecular formula is C24H40O10S. The minimum atomic E-state index is -4.76. The number of hydrogen-bond acceptors (Lipinski definition) is 10. The van der Waals surface area contributed by atoms with E-state index in [1.165, 1.54) is 51.0 Å². The van der Waals surface area contributed by atoms with Crippen LogP contribution < -0.4 is 8.92 Å². The maximum absolute atomic E-state index is 12.4. The van der Waals surface area contributed by atoms with Crippen molar-refractivity contribution in [1.82, 2.24) is 0 Å². The molecule has 0 radical (unpaired) electrons. The number of aliphatic hydroxyl groups is 4. The molecule has 5 atom stereocenters. The lowest BCUT2D eigenvalue weighted by atomic mass is 10.00. The van der Waals surface area contributed by atoms with Crippen molar-refractivity contribution in [2.24, 2.45) is 0 Å². The summed E-state index contributed by atoms with van der Waals surface area (Å²) >= 11 is 0. The van der Waals surface area contributed by atoms with E-state index in [4.69, 9.17) is 17.8 Å². The Morgan fingerprint density at radius 1 is 0.829 bits per heavy atom. The van der Waals surface area contributed by atoms with Gasteiger partial charge in [-0.05, 0) is 18.6 Å². The SMILES string of the molecule is CCCCCCCCCCCCOc1ccccc1OS(=O)(=O)O[C@@H]1O[C@H](CO)[C@@H](O)[C@H](O)[C@H]1O. The molecule has 10 nitrogen and oxygen atoms in total. The normalized spacial score (nSPS) is 24.9. The van der Waals surface area contributed by atoms with Gasteiger partial charge < -0.3 is 34.1 Å². The summed E-state index contributed by atoms with van der Waals surface area (Å²) < 4.78 is 45.3. The van der Waals surface area contributed by atoms with Crippen molar-refractivity contribution in [2.45, 2.75) is 102 Å². The summed E-state index contributed by atoms with van der Waals surface area (Å²) in [5.41, 5.74) is 0. The monoisotopic (exact) mass is 520 g/mol. The smallest absolute Gasteiger partial charge is 0.451 e. The fourth-order valence-corrected chi connectivity index (χ4v) is 4.59. The highest BCUT2D eigenvalue weighted by Gasteiger charge is 2.46. The quantitative estimate of drug-likeness (QED) is 0.225. The number of hydrogen-bond donors (Lipinski definition) is 4. The van der Waals surface area contributed by atoms with Crippen LogP contribution in [0.15, 0.2) is 24.3 Å². The largest absolute Gasteiger partial charge is 0.490 e. The summed E-state index contributed by atoms with van der Waals surface area (Å²) in [5.74, 6) is 0.105. The van der Waals surface area contributed by atoms with Gasteiger partial charge in [-0.15, -0.1) is 0 Å². The predicted octanol–water partition coefficient (Wildman–Crippen LogP) is 2.43. The Hall–Kier alpha value is -1.47. The molecule has 35 heavy (non-hydrogen) atoms. The Balaban J connectivity index is 1.78. The molecule has 1 fully saturated rings. The molecule has 11 heteroatoms. The van der Waals surface area contributed by atoms with Gasteiger partial charge in [-0.1, -0.05) is 76.8 Å². The fourth-order valence-electron chi connectivity index (χ4n) is 3.80. The Morgan fingerprint density at radius 3 is 2.00 bits per heavy atom. The van der Waals surface area contributed by atoms with E-state index in [2.05, 4.69) is 6.92 Å². The van der Waals surface area contributed by atoms with Gasteiger partial charge in [0.1, 0.15) is 24.4 Å². The van der Waals surface area contributed by atoms with Crippen molar-refractivity contribution >= 4 is 10.4 Å². The maximum Gasteiger partial charge on any atom is 0.451 e. The van der Waals surface area contributed by atoms with E-state index in [1.54, 1.807) is 18.2 Å². The first kappa shape index (κ1) is 29.8. The summed E-state index contributed by atoms with van der Waals surface area (Å²) in [5, 5.41) is 38.8. The zero-order valence-electron chi connectivity index (χ0n) is 20.3. The summed E-state index contributed by atoms with van der Waals surface area (Å²) in [4.78, 5) is 0. The van der Waals surface area contributed by atoms with E-state index in [9.17, 15) is 28.8 Å². The molecule has 0 bridgehead atoms. The fraction of sp³-hybridized carbons (Fsp3) is 0.750. The third-order valence-electron chi connectivity index (χ3n) is 5.86. The Morgan fingerprint density at radius 2 is 1.40 bits per heavy atom. The van der Waals surface area contributed by atoms with Crippen LogP contribution in [0.25, 0.3) is 0 Å². The first-order chi connectivity index (χ1) is 16.8. The van der Waals surface area contributed by atoms with Crippen LogP contribution in [-0.4, -0.2) is 72.8 Å². The van der Waals surface area contributed by atoms with Crippen molar-refractivity contribution in [3.63, 3.8) is 0 Å². The lowest BCUT2D eigenvalue weighted by Gasteiger charge is -2.38. The highest BCUT2D eigenvalue weighted by atomic mass is 32.3. The highest BCUT2D eigenvalue weighted by molar-refractivity contribution is 7.82. The second-order valence-corrected chi connectivity index (χ2v) is 9.94. The number of unbranched alkanes of at least 4 members (excludes halogenated alkanes) is 9. The molecule has 2 rings (SSSR count). The molecule has 1 aromatic rings. The van der Waals surface area contributed by atoms with Crippen molar-refractivity contribution < 1.29 is 46.7 Å². The molecule has 0 aliphatic carbocycles. The van der Waals surface area contributed by atoms with Gasteiger partial charge in [0.2, 0.25) is 6.29 Å². The average molecular weight is 521 g/mol. The van der Waals surface area contributed by atoms with Crippen molar-refractivity contribution in [3.8, 4) is 11.5 Å². The second-order valence-electron chi connectivity index (χ2n) is 8.76. The van der Waals surface area contributed by atoms with Gasteiger partial charge in [-0.2, -0.15) is 8.42 Å². The van der Waals surface area contributed by atoms with Crippen LogP contribution in [0.1, 0.15) is 71.1 Å². The van der Waals surface area contributed by atoms with E-state index in [0.29, 0.717) is 6.61 Å². The van der Waals surface area contributed by atoms with E-state index in [1.807, 2.05) is 0 Å². The van der Waals surface area contributed by atoms with Gasteiger partial charge in [0.15, 0.2) is 11.5 Å². The minimum absolute atomic E-state index is 0.107. The number of rotatable bonds is 17. The standard InChI is InChI=1S/C24H40O10S/c1-2-3-4-5-6-7-8-9-10-13-16-31-18-14-11-12-15-19(18)33-35(29,30)34-24-23(28)22(27)21(26)20(17-25)32-24/h11-12,14-15,20-28H,2-10,13,16-17H2,1H3/t20-,21-,22+,23-,24+/m1/s1. The third kappa shape index (κ3) is 10.2. The van der Waals surface area contributed by atoms with E-state index < -0.39 is 47.7 Å². The summed E-state index contributed by atoms with van der Waals surface area (Å²) in [6.45, 7) is 1.88. The number of benzene rings is 1. The summed E-state index contributed by atoms with van der Waals surface area (Å²) in [7, 11) is -4.76. The van der Waals surface area contributed by atoms with Gasteiger partial charge >= 0.3 is 10.4 Å². The minimum Gasteiger partial charge on any atom is -0.490 e. The van der Waals surface area contributed by atoms with Gasteiger partial charge in [0.25, 0.3) is 0 Å². The summed E-state index contributed by atoms with van der Waals surface area (Å²) in [6, 6.07) is 6.19. The summed E-state index contributed by atoms with van der Waals surface area (Å²) in [6.07, 6.45) is 3.35. The molecule has 1 saturated heterocycles. The molecule has 0 spiro atoms. The molecule has 202 valence electrons. The highest BCUT2D eigenvalue weighted by Crippen LogP contribution is 2.30. The zero-order valence-corrected chi connectivity index (χ0v) is 21.1. The molecule has 0 saturated carbocycles. The van der Waals surface area contributed by atoms with Crippen LogP contribution in [0, 0.1) is 0 Å². The number of aliphatic hydroxyl groups excluding tert-OH is 4. The van der Waals surface area contributed by atoms with Crippen molar-refractivity contribution in [2.75, 3.05) is 13.2 Å². The number of para-hydroxylation sites is 2. The molecule has 0 unspecified atom stereocenters. The lowest BCUT2D eigenvalue weighted by Crippen LogP contribution is -2.59. The molecule has 4 N–H and O–H groups in total. The van der Waals surface area contributed by atoms with Gasteiger partial charge in [0, 0.05) is 0 Å². The molecule has 1 aliphatic heterocycles. The van der Waals surface area contributed by atoms with Crippen LogP contribution in [0.3, 0.4) is 0 Å². The Kier molecular flexibility index (Phi) is 13.3. The molecule has 0 amide bonds. The van der Waals surface area contributed by atoms with Crippen molar-refractivity contribution in [1.29, 1.82) is 0 Å². The van der Waals surface area contributed by atoms with E-state index in [0.717, 1.165) is 19.3 Å². The van der Waals surface area contributed by atoms with Gasteiger partial charge in [-0.3, -0.25) is 0 Å². The van der Waals surface area contributed by atoms with Crippen LogP contribution in [0.2, 0.25) is 0 Å². The topological polar surface area (TPSA) is 152 Å². The van der Waals surface area contributed by atoms with Gasteiger partial charge in [0.05, 0.1) is 13.2 Å². The second kappa shape index (κ2) is 15.6. The molecule has 1 aliphatic rings. The Bertz CT molecular complexity index is 816. The molecule has 1 aromatic carbocycles. The molecule has 1 heterocycles. The molecule has 0 aromatic heterocycles. The Labute approximate surface area is 208 Å². The van der Waals surface area contributed by atoms with Crippen LogP contribution in [-0.2, 0) is 19.3 Å². The van der Waals surface area contributed by atoms with E-state index in [-0.39, 0.29) is 11.5 Å². The van der Waals surface area contributed by atoms with Crippen LogP contribution in [0.4, 0.5) is 0 Å². The average Bonchev–Trinajstić information content (AvgIpc) is 2.83. The molecular weight excluding hydrogens is 480 g/mol.